The Morgan fingerprint density at radius 3 is 2.57 bits per heavy atom. The van der Waals surface area contributed by atoms with E-state index in [2.05, 4.69) is 9.97 Å². The van der Waals surface area contributed by atoms with Crippen molar-refractivity contribution in [2.45, 2.75) is 0 Å². The molecule has 0 fully saturated rings. The monoisotopic (exact) mass is 206 g/mol. The van der Waals surface area contributed by atoms with Crippen LogP contribution in [0.2, 0.25) is 0 Å². The first-order chi connectivity index (χ1) is 6.77. The van der Waals surface area contributed by atoms with Crippen molar-refractivity contribution in [1.82, 2.24) is 9.97 Å². The van der Waals surface area contributed by atoms with Crippen molar-refractivity contribution in [2.75, 3.05) is 0 Å². The summed E-state index contributed by atoms with van der Waals surface area (Å²) in [5, 5.41) is 20.4. The van der Waals surface area contributed by atoms with Crippen molar-refractivity contribution in [2.24, 2.45) is 0 Å². The summed E-state index contributed by atoms with van der Waals surface area (Å²) in [5.74, 6) is 0. The summed E-state index contributed by atoms with van der Waals surface area (Å²) in [6.07, 6.45) is 3.14. The van der Waals surface area contributed by atoms with Crippen LogP contribution in [0.5, 0.6) is 0 Å². The number of pyridine rings is 1. The van der Waals surface area contributed by atoms with Crippen molar-refractivity contribution >= 4 is 23.9 Å². The Morgan fingerprint density at radius 1 is 1.21 bits per heavy atom. The maximum Gasteiger partial charge on any atom is 0.490 e. The molecule has 0 unspecified atom stereocenters. The molecule has 0 aromatic carbocycles. The lowest BCUT2D eigenvalue weighted by Gasteiger charge is -1.99. The van der Waals surface area contributed by atoms with Gasteiger partial charge in [-0.15, -0.1) is 11.3 Å². The quantitative estimate of drug-likeness (QED) is 0.672. The third kappa shape index (κ3) is 1.82. The Labute approximate surface area is 85.0 Å². The van der Waals surface area contributed by atoms with Crippen LogP contribution < -0.4 is 5.46 Å². The minimum atomic E-state index is -1.46. The molecule has 0 aliphatic rings. The molecule has 0 spiro atoms. The summed E-state index contributed by atoms with van der Waals surface area (Å²) in [6.45, 7) is 0. The highest BCUT2D eigenvalue weighted by Gasteiger charge is 2.11. The van der Waals surface area contributed by atoms with Crippen LogP contribution in [0, 0.1) is 0 Å². The molecule has 4 nitrogen and oxygen atoms in total. The smallest absolute Gasteiger partial charge is 0.423 e. The van der Waals surface area contributed by atoms with E-state index in [9.17, 15) is 0 Å². The van der Waals surface area contributed by atoms with Gasteiger partial charge in [0.1, 0.15) is 5.01 Å². The summed E-state index contributed by atoms with van der Waals surface area (Å²) in [5.41, 5.74) is 1.12. The van der Waals surface area contributed by atoms with Gasteiger partial charge in [-0.25, -0.2) is 4.98 Å². The van der Waals surface area contributed by atoms with Crippen LogP contribution in [0.4, 0.5) is 0 Å². The predicted molar refractivity (Wildman–Crippen MR) is 55.2 cm³/mol. The Bertz CT molecular complexity index is 402. The van der Waals surface area contributed by atoms with E-state index in [0.717, 1.165) is 10.7 Å². The van der Waals surface area contributed by atoms with E-state index in [0.29, 0.717) is 5.46 Å². The van der Waals surface area contributed by atoms with E-state index in [-0.39, 0.29) is 0 Å². The van der Waals surface area contributed by atoms with Crippen LogP contribution in [0.15, 0.2) is 29.9 Å². The zero-order chi connectivity index (χ0) is 9.97. The second-order valence-electron chi connectivity index (χ2n) is 2.69. The zero-order valence-electron chi connectivity index (χ0n) is 7.16. The summed E-state index contributed by atoms with van der Waals surface area (Å²) >= 11 is 1.49. The van der Waals surface area contributed by atoms with E-state index < -0.39 is 7.12 Å². The molecule has 2 rings (SSSR count). The lowest BCUT2D eigenvalue weighted by Crippen LogP contribution is -2.29. The SMILES string of the molecule is OB(O)c1ccc(-c2nccs2)nc1. The van der Waals surface area contributed by atoms with Gasteiger partial charge >= 0.3 is 7.12 Å². The van der Waals surface area contributed by atoms with Crippen molar-refractivity contribution in [1.29, 1.82) is 0 Å². The van der Waals surface area contributed by atoms with Gasteiger partial charge in [0.25, 0.3) is 0 Å². The molecular formula is C8H7BN2O2S. The third-order valence-electron chi connectivity index (χ3n) is 1.74. The number of thiazole rings is 1. The molecule has 0 atom stereocenters. The average molecular weight is 206 g/mol. The van der Waals surface area contributed by atoms with E-state index in [4.69, 9.17) is 10.0 Å². The van der Waals surface area contributed by atoms with Crippen LogP contribution in [-0.4, -0.2) is 27.1 Å². The van der Waals surface area contributed by atoms with E-state index in [1.54, 1.807) is 18.3 Å². The molecule has 2 N–H and O–H groups in total. The summed E-state index contributed by atoms with van der Waals surface area (Å²) in [4.78, 5) is 8.16. The van der Waals surface area contributed by atoms with Crippen LogP contribution in [-0.2, 0) is 0 Å². The third-order valence-corrected chi connectivity index (χ3v) is 2.53. The number of nitrogens with zero attached hydrogens (tertiary/aromatic N) is 2. The van der Waals surface area contributed by atoms with Crippen LogP contribution in [0.25, 0.3) is 10.7 Å². The highest BCUT2D eigenvalue weighted by atomic mass is 32.1. The van der Waals surface area contributed by atoms with Crippen molar-refractivity contribution < 1.29 is 10.0 Å². The van der Waals surface area contributed by atoms with Crippen molar-refractivity contribution in [3.8, 4) is 10.7 Å². The fourth-order valence-electron chi connectivity index (χ4n) is 1.03. The fraction of sp³-hybridized carbons (Fsp3) is 0. The summed E-state index contributed by atoms with van der Waals surface area (Å²) in [7, 11) is -1.46. The van der Waals surface area contributed by atoms with Gasteiger partial charge < -0.3 is 10.0 Å². The Hall–Kier alpha value is -1.24. The fourth-order valence-corrected chi connectivity index (χ4v) is 1.65. The lowest BCUT2D eigenvalue weighted by molar-refractivity contribution is 0.425. The van der Waals surface area contributed by atoms with Gasteiger partial charge in [0.2, 0.25) is 0 Å². The van der Waals surface area contributed by atoms with Gasteiger partial charge in [0, 0.05) is 23.2 Å². The molecule has 14 heavy (non-hydrogen) atoms. The van der Waals surface area contributed by atoms with Gasteiger partial charge in [0.15, 0.2) is 0 Å². The Morgan fingerprint density at radius 2 is 2.07 bits per heavy atom. The van der Waals surface area contributed by atoms with Crippen molar-refractivity contribution in [3.05, 3.63) is 29.9 Å². The molecule has 0 radical (unpaired) electrons. The molecule has 2 aromatic heterocycles. The minimum Gasteiger partial charge on any atom is -0.423 e. The minimum absolute atomic E-state index is 0.380. The second kappa shape index (κ2) is 3.87. The van der Waals surface area contributed by atoms with Gasteiger partial charge in [-0.3, -0.25) is 4.98 Å². The molecule has 0 aliphatic heterocycles. The van der Waals surface area contributed by atoms with Crippen LogP contribution >= 0.6 is 11.3 Å². The molecule has 6 heteroatoms. The average Bonchev–Trinajstić information content (AvgIpc) is 2.71. The highest BCUT2D eigenvalue weighted by Crippen LogP contribution is 2.17. The first kappa shape index (κ1) is 9.33. The van der Waals surface area contributed by atoms with Crippen molar-refractivity contribution in [3.63, 3.8) is 0 Å². The van der Waals surface area contributed by atoms with Gasteiger partial charge in [-0.1, -0.05) is 6.07 Å². The first-order valence-corrected chi connectivity index (χ1v) is 4.87. The Kier molecular flexibility index (Phi) is 2.58. The number of hydrogen-bond acceptors (Lipinski definition) is 5. The summed E-state index contributed by atoms with van der Waals surface area (Å²) < 4.78 is 0. The number of rotatable bonds is 2. The maximum atomic E-state index is 8.85. The molecule has 0 saturated heterocycles. The van der Waals surface area contributed by atoms with E-state index in [1.807, 2.05) is 5.38 Å². The topological polar surface area (TPSA) is 66.2 Å². The molecule has 70 valence electrons. The predicted octanol–water partition coefficient (Wildman–Crippen LogP) is -0.115. The second-order valence-corrected chi connectivity index (χ2v) is 3.58. The van der Waals surface area contributed by atoms with Crippen LogP contribution in [0.1, 0.15) is 0 Å². The molecule has 2 aromatic rings. The number of aromatic nitrogens is 2. The zero-order valence-corrected chi connectivity index (χ0v) is 7.98. The highest BCUT2D eigenvalue weighted by molar-refractivity contribution is 7.13. The first-order valence-electron chi connectivity index (χ1n) is 3.99. The normalized spacial score (nSPS) is 10.1. The Balaban J connectivity index is 2.31. The standard InChI is InChI=1S/C8H7BN2O2S/c12-9(13)6-1-2-7(11-5-6)8-10-3-4-14-8/h1-5,12-13H. The van der Waals surface area contributed by atoms with E-state index >= 15 is 0 Å². The van der Waals surface area contributed by atoms with Gasteiger partial charge in [-0.05, 0) is 6.07 Å². The maximum absolute atomic E-state index is 8.85. The van der Waals surface area contributed by atoms with E-state index in [1.165, 1.54) is 17.5 Å². The van der Waals surface area contributed by atoms with Crippen LogP contribution in [0.3, 0.4) is 0 Å². The van der Waals surface area contributed by atoms with Gasteiger partial charge in [0.05, 0.1) is 5.69 Å². The lowest BCUT2D eigenvalue weighted by atomic mass is 9.82. The molecule has 0 aliphatic carbocycles. The molecule has 2 heterocycles. The molecule has 0 amide bonds. The molecular weight excluding hydrogens is 199 g/mol. The largest absolute Gasteiger partial charge is 0.490 e. The summed E-state index contributed by atoms with van der Waals surface area (Å²) in [6, 6.07) is 3.34. The molecule has 0 bridgehead atoms. The number of hydrogen-bond donors (Lipinski definition) is 2. The van der Waals surface area contributed by atoms with Gasteiger partial charge in [-0.2, -0.15) is 0 Å². The molecule has 0 saturated carbocycles.